The van der Waals surface area contributed by atoms with E-state index in [2.05, 4.69) is 15.3 Å². The van der Waals surface area contributed by atoms with Crippen LogP contribution in [0.5, 0.6) is 0 Å². The number of aromatic nitrogens is 4. The summed E-state index contributed by atoms with van der Waals surface area (Å²) in [6.45, 7) is 0.350. The van der Waals surface area contributed by atoms with Crippen molar-refractivity contribution >= 4 is 17.2 Å². The van der Waals surface area contributed by atoms with Gasteiger partial charge in [0.15, 0.2) is 4.80 Å². The van der Waals surface area contributed by atoms with E-state index in [-0.39, 0.29) is 18.3 Å². The van der Waals surface area contributed by atoms with Crippen LogP contribution in [0.25, 0.3) is 0 Å². The third-order valence-electron chi connectivity index (χ3n) is 2.95. The van der Waals surface area contributed by atoms with Gasteiger partial charge in [0.2, 0.25) is 0 Å². The minimum absolute atomic E-state index is 0.0254. The SMILES string of the molecule is O=C(Cn1ccnn1)N=c1sccn1Cc1ccccc1F. The zero-order valence-electron chi connectivity index (χ0n) is 11.5. The van der Waals surface area contributed by atoms with Crippen LogP contribution in [0.3, 0.4) is 0 Å². The van der Waals surface area contributed by atoms with Gasteiger partial charge < -0.3 is 4.57 Å². The van der Waals surface area contributed by atoms with Gasteiger partial charge in [0, 0.05) is 23.3 Å². The number of halogens is 1. The second kappa shape index (κ2) is 6.44. The molecule has 0 atom stereocenters. The van der Waals surface area contributed by atoms with Crippen molar-refractivity contribution in [2.45, 2.75) is 13.1 Å². The topological polar surface area (TPSA) is 65.1 Å². The van der Waals surface area contributed by atoms with Crippen molar-refractivity contribution in [1.82, 2.24) is 19.6 Å². The number of carbonyl (C=O) groups excluding carboxylic acids is 1. The van der Waals surface area contributed by atoms with Gasteiger partial charge in [-0.15, -0.1) is 16.4 Å². The van der Waals surface area contributed by atoms with E-state index in [1.807, 2.05) is 5.38 Å². The molecule has 0 spiro atoms. The summed E-state index contributed by atoms with van der Waals surface area (Å²) in [5.41, 5.74) is 0.547. The number of benzene rings is 1. The van der Waals surface area contributed by atoms with Gasteiger partial charge in [-0.3, -0.25) is 4.79 Å². The summed E-state index contributed by atoms with van der Waals surface area (Å²) >= 11 is 1.32. The van der Waals surface area contributed by atoms with Gasteiger partial charge in [-0.2, -0.15) is 4.99 Å². The second-order valence-corrected chi connectivity index (χ2v) is 5.38. The fraction of sp³-hybridized carbons (Fsp3) is 0.143. The first-order chi connectivity index (χ1) is 10.7. The number of nitrogens with zero attached hydrogens (tertiary/aromatic N) is 5. The number of carbonyl (C=O) groups is 1. The Morgan fingerprint density at radius 3 is 2.95 bits per heavy atom. The van der Waals surface area contributed by atoms with E-state index >= 15 is 0 Å². The predicted molar refractivity (Wildman–Crippen MR) is 78.4 cm³/mol. The van der Waals surface area contributed by atoms with Crippen molar-refractivity contribution in [2.24, 2.45) is 4.99 Å². The van der Waals surface area contributed by atoms with Gasteiger partial charge in [-0.1, -0.05) is 23.4 Å². The average molecular weight is 317 g/mol. The van der Waals surface area contributed by atoms with Crippen LogP contribution >= 0.6 is 11.3 Å². The maximum Gasteiger partial charge on any atom is 0.270 e. The average Bonchev–Trinajstić information content (AvgIpc) is 3.14. The Hall–Kier alpha value is -2.61. The Balaban J connectivity index is 1.81. The largest absolute Gasteiger partial charge is 0.319 e. The van der Waals surface area contributed by atoms with E-state index < -0.39 is 0 Å². The molecule has 8 heteroatoms. The molecule has 0 fully saturated rings. The molecule has 0 radical (unpaired) electrons. The zero-order valence-corrected chi connectivity index (χ0v) is 12.3. The van der Waals surface area contributed by atoms with Crippen molar-refractivity contribution < 1.29 is 9.18 Å². The first kappa shape index (κ1) is 14.3. The highest BCUT2D eigenvalue weighted by atomic mass is 32.1. The summed E-state index contributed by atoms with van der Waals surface area (Å²) in [6.07, 6.45) is 4.87. The van der Waals surface area contributed by atoms with E-state index in [0.29, 0.717) is 16.9 Å². The molecule has 1 aromatic carbocycles. The molecular formula is C14H12FN5OS. The first-order valence-electron chi connectivity index (χ1n) is 6.51. The molecule has 1 amide bonds. The van der Waals surface area contributed by atoms with E-state index in [4.69, 9.17) is 0 Å². The van der Waals surface area contributed by atoms with E-state index in [1.165, 1.54) is 28.3 Å². The van der Waals surface area contributed by atoms with Crippen LogP contribution in [-0.4, -0.2) is 25.5 Å². The lowest BCUT2D eigenvalue weighted by molar-refractivity contribution is -0.118. The highest BCUT2D eigenvalue weighted by molar-refractivity contribution is 7.07. The third-order valence-corrected chi connectivity index (χ3v) is 3.74. The molecule has 0 N–H and O–H groups in total. The molecule has 0 aliphatic heterocycles. The monoisotopic (exact) mass is 317 g/mol. The summed E-state index contributed by atoms with van der Waals surface area (Å²) in [4.78, 5) is 16.5. The van der Waals surface area contributed by atoms with Gasteiger partial charge in [-0.25, -0.2) is 9.07 Å². The molecule has 6 nitrogen and oxygen atoms in total. The maximum atomic E-state index is 13.7. The van der Waals surface area contributed by atoms with Gasteiger partial charge in [-0.05, 0) is 6.07 Å². The summed E-state index contributed by atoms with van der Waals surface area (Å²) < 4.78 is 16.8. The van der Waals surface area contributed by atoms with Crippen LogP contribution in [0, 0.1) is 5.82 Å². The number of rotatable bonds is 4. The Morgan fingerprint density at radius 1 is 1.32 bits per heavy atom. The van der Waals surface area contributed by atoms with E-state index in [1.54, 1.807) is 35.2 Å². The molecule has 112 valence electrons. The fourth-order valence-electron chi connectivity index (χ4n) is 1.91. The molecule has 3 aromatic rings. The molecule has 0 bridgehead atoms. The van der Waals surface area contributed by atoms with Gasteiger partial charge in [0.1, 0.15) is 12.4 Å². The van der Waals surface area contributed by atoms with Gasteiger partial charge in [0.25, 0.3) is 5.91 Å². The summed E-state index contributed by atoms with van der Waals surface area (Å²) in [7, 11) is 0. The Bertz CT molecular complexity index is 837. The third kappa shape index (κ3) is 3.34. The lowest BCUT2D eigenvalue weighted by Gasteiger charge is -2.04. The zero-order chi connectivity index (χ0) is 15.4. The molecule has 0 aliphatic rings. The highest BCUT2D eigenvalue weighted by Gasteiger charge is 2.06. The van der Waals surface area contributed by atoms with Crippen LogP contribution < -0.4 is 4.80 Å². The molecule has 2 heterocycles. The van der Waals surface area contributed by atoms with E-state index in [0.717, 1.165) is 0 Å². The predicted octanol–water partition coefficient (Wildman–Crippen LogP) is 1.46. The molecule has 22 heavy (non-hydrogen) atoms. The van der Waals surface area contributed by atoms with Gasteiger partial charge in [0.05, 0.1) is 12.7 Å². The normalized spacial score (nSPS) is 11.8. The van der Waals surface area contributed by atoms with E-state index in [9.17, 15) is 9.18 Å². The highest BCUT2D eigenvalue weighted by Crippen LogP contribution is 2.08. The number of hydrogen-bond donors (Lipinski definition) is 0. The standard InChI is InChI=1S/C14H12FN5OS/c15-12-4-2-1-3-11(12)9-19-7-8-22-14(19)17-13(21)10-20-6-5-16-18-20/h1-8H,9-10H2. The van der Waals surface area contributed by atoms with Crippen molar-refractivity contribution in [3.8, 4) is 0 Å². The van der Waals surface area contributed by atoms with Crippen molar-refractivity contribution in [3.63, 3.8) is 0 Å². The van der Waals surface area contributed by atoms with Crippen LogP contribution in [0.2, 0.25) is 0 Å². The number of thiazole rings is 1. The summed E-state index contributed by atoms with van der Waals surface area (Å²) in [6, 6.07) is 6.54. The summed E-state index contributed by atoms with van der Waals surface area (Å²) in [5.74, 6) is -0.615. The van der Waals surface area contributed by atoms with Crippen LogP contribution in [0.1, 0.15) is 5.56 Å². The smallest absolute Gasteiger partial charge is 0.270 e. The lowest BCUT2D eigenvalue weighted by Crippen LogP contribution is -2.19. The molecule has 0 saturated heterocycles. The maximum absolute atomic E-state index is 13.7. The minimum Gasteiger partial charge on any atom is -0.319 e. The Labute approximate surface area is 129 Å². The van der Waals surface area contributed by atoms with Crippen LogP contribution in [0.4, 0.5) is 4.39 Å². The fourth-order valence-corrected chi connectivity index (χ4v) is 2.66. The molecule has 3 rings (SSSR count). The number of hydrogen-bond acceptors (Lipinski definition) is 4. The van der Waals surface area contributed by atoms with Crippen molar-refractivity contribution in [3.05, 3.63) is 64.4 Å². The molecule has 0 aliphatic carbocycles. The molecule has 0 saturated carbocycles. The summed E-state index contributed by atoms with van der Waals surface area (Å²) in [5, 5.41) is 9.16. The van der Waals surface area contributed by atoms with Crippen LogP contribution in [0.15, 0.2) is 53.2 Å². The Kier molecular flexibility index (Phi) is 4.19. The first-order valence-corrected chi connectivity index (χ1v) is 7.39. The Morgan fingerprint density at radius 2 is 2.18 bits per heavy atom. The minimum atomic E-state index is -0.338. The van der Waals surface area contributed by atoms with Crippen molar-refractivity contribution in [2.75, 3.05) is 0 Å². The van der Waals surface area contributed by atoms with Crippen LogP contribution in [-0.2, 0) is 17.9 Å². The second-order valence-electron chi connectivity index (χ2n) is 4.51. The quantitative estimate of drug-likeness (QED) is 0.732. The van der Waals surface area contributed by atoms with Gasteiger partial charge >= 0.3 is 0 Å². The van der Waals surface area contributed by atoms with Crippen molar-refractivity contribution in [1.29, 1.82) is 0 Å². The molecular weight excluding hydrogens is 305 g/mol. The molecule has 0 unspecified atom stereocenters. The lowest BCUT2D eigenvalue weighted by atomic mass is 10.2. The number of amides is 1. The molecule has 2 aromatic heterocycles.